The van der Waals surface area contributed by atoms with E-state index in [1.54, 1.807) is 36.5 Å². The van der Waals surface area contributed by atoms with E-state index in [-0.39, 0.29) is 23.6 Å². The lowest BCUT2D eigenvalue weighted by atomic mass is 9.89. The van der Waals surface area contributed by atoms with E-state index < -0.39 is 10.0 Å². The van der Waals surface area contributed by atoms with Crippen LogP contribution in [0.5, 0.6) is 0 Å². The smallest absolute Gasteiger partial charge is 0.262 e. The van der Waals surface area contributed by atoms with E-state index in [1.807, 2.05) is 0 Å². The first-order chi connectivity index (χ1) is 15.3. The Hall–Kier alpha value is -2.52. The third-order valence-electron chi connectivity index (χ3n) is 6.55. The van der Waals surface area contributed by atoms with Gasteiger partial charge in [-0.3, -0.25) is 18.5 Å². The summed E-state index contributed by atoms with van der Waals surface area (Å²) in [5, 5.41) is 0.668. The van der Waals surface area contributed by atoms with E-state index >= 15 is 0 Å². The number of rotatable bonds is 5. The zero-order chi connectivity index (χ0) is 22.6. The van der Waals surface area contributed by atoms with Gasteiger partial charge in [-0.05, 0) is 67.9 Å². The Kier molecular flexibility index (Phi) is 5.21. The number of benzene rings is 1. The van der Waals surface area contributed by atoms with Gasteiger partial charge in [-0.15, -0.1) is 11.3 Å². The Morgan fingerprint density at radius 3 is 2.88 bits per heavy atom. The second-order valence-corrected chi connectivity index (χ2v) is 12.0. The first kappa shape index (κ1) is 21.3. The van der Waals surface area contributed by atoms with E-state index in [4.69, 9.17) is 0 Å². The summed E-state index contributed by atoms with van der Waals surface area (Å²) >= 11 is 1.60. The van der Waals surface area contributed by atoms with Crippen molar-refractivity contribution in [2.24, 2.45) is 5.92 Å². The minimum absolute atomic E-state index is 0.0384. The number of aromatic nitrogens is 2. The minimum atomic E-state index is -3.33. The van der Waals surface area contributed by atoms with Crippen molar-refractivity contribution in [2.45, 2.75) is 46.1 Å². The van der Waals surface area contributed by atoms with Gasteiger partial charge in [0.1, 0.15) is 4.83 Å². The number of ketones is 1. The first-order valence-corrected chi connectivity index (χ1v) is 13.4. The standard InChI is InChI=1S/C23H25N3O4S2/c1-3-32(29,30)26-9-8-15-11-16(5-7-18(15)26)19(27)12-25-13-24-22-21(23(25)28)17-6-4-14(2)10-20(17)31-22/h5,7,11,13-14H,3-4,6,8-10,12H2,1-2H3. The molecule has 168 valence electrons. The average Bonchev–Trinajstić information content (AvgIpc) is 3.36. The monoisotopic (exact) mass is 471 g/mol. The number of fused-ring (bicyclic) bond motifs is 4. The highest BCUT2D eigenvalue weighted by atomic mass is 32.2. The highest BCUT2D eigenvalue weighted by Crippen LogP contribution is 2.35. The lowest BCUT2D eigenvalue weighted by Gasteiger charge is -2.18. The summed E-state index contributed by atoms with van der Waals surface area (Å²) in [5.41, 5.74) is 2.92. The summed E-state index contributed by atoms with van der Waals surface area (Å²) in [7, 11) is -3.33. The van der Waals surface area contributed by atoms with Crippen molar-refractivity contribution in [2.75, 3.05) is 16.6 Å². The molecule has 3 heterocycles. The summed E-state index contributed by atoms with van der Waals surface area (Å²) in [4.78, 5) is 32.7. The molecule has 0 amide bonds. The second kappa shape index (κ2) is 7.81. The van der Waals surface area contributed by atoms with Crippen molar-refractivity contribution in [3.8, 4) is 0 Å². The molecule has 0 N–H and O–H groups in total. The van der Waals surface area contributed by atoms with E-state index in [0.29, 0.717) is 35.5 Å². The van der Waals surface area contributed by atoms with Crippen LogP contribution < -0.4 is 9.86 Å². The fraction of sp³-hybridized carbons (Fsp3) is 0.435. The predicted molar refractivity (Wildman–Crippen MR) is 126 cm³/mol. The van der Waals surface area contributed by atoms with Gasteiger partial charge in [0.05, 0.1) is 29.7 Å². The fourth-order valence-corrected chi connectivity index (χ4v) is 7.21. The van der Waals surface area contributed by atoms with Crippen LogP contribution in [0.25, 0.3) is 10.2 Å². The highest BCUT2D eigenvalue weighted by Gasteiger charge is 2.29. The van der Waals surface area contributed by atoms with Gasteiger partial charge in [-0.2, -0.15) is 0 Å². The molecule has 3 aromatic rings. The molecule has 0 bridgehead atoms. The molecule has 1 aliphatic carbocycles. The van der Waals surface area contributed by atoms with Gasteiger partial charge >= 0.3 is 0 Å². The average molecular weight is 472 g/mol. The topological polar surface area (TPSA) is 89.3 Å². The van der Waals surface area contributed by atoms with Crippen LogP contribution in [0.15, 0.2) is 29.3 Å². The van der Waals surface area contributed by atoms with E-state index in [2.05, 4.69) is 11.9 Å². The number of Topliss-reactive ketones (excluding diaryl/α,β-unsaturated/α-hetero) is 1. The largest absolute Gasteiger partial charge is 0.292 e. The molecule has 1 aromatic carbocycles. The third-order valence-corrected chi connectivity index (χ3v) is 9.49. The van der Waals surface area contributed by atoms with Crippen molar-refractivity contribution in [1.29, 1.82) is 0 Å². The van der Waals surface area contributed by atoms with Gasteiger partial charge in [0.25, 0.3) is 5.56 Å². The molecule has 1 unspecified atom stereocenters. The lowest BCUT2D eigenvalue weighted by molar-refractivity contribution is 0.0970. The van der Waals surface area contributed by atoms with E-state index in [0.717, 1.165) is 35.2 Å². The van der Waals surface area contributed by atoms with Crippen LogP contribution >= 0.6 is 11.3 Å². The number of anilines is 1. The Morgan fingerprint density at radius 2 is 2.09 bits per heavy atom. The van der Waals surface area contributed by atoms with Gasteiger partial charge < -0.3 is 0 Å². The van der Waals surface area contributed by atoms with Crippen LogP contribution in [0.1, 0.15) is 46.6 Å². The molecule has 0 saturated heterocycles. The number of carbonyl (C=O) groups excluding carboxylic acids is 1. The summed E-state index contributed by atoms with van der Waals surface area (Å²) in [6, 6.07) is 5.10. The number of hydrogen-bond acceptors (Lipinski definition) is 6. The molecular weight excluding hydrogens is 446 g/mol. The molecule has 9 heteroatoms. The van der Waals surface area contributed by atoms with Crippen LogP contribution in [-0.4, -0.2) is 36.0 Å². The van der Waals surface area contributed by atoms with Crippen molar-refractivity contribution in [3.05, 3.63) is 56.4 Å². The maximum Gasteiger partial charge on any atom is 0.262 e. The second-order valence-electron chi connectivity index (χ2n) is 8.70. The number of carbonyl (C=O) groups is 1. The summed E-state index contributed by atoms with van der Waals surface area (Å²) < 4.78 is 27.4. The first-order valence-electron chi connectivity index (χ1n) is 10.9. The number of nitrogens with zero attached hydrogens (tertiary/aromatic N) is 3. The van der Waals surface area contributed by atoms with Crippen molar-refractivity contribution < 1.29 is 13.2 Å². The molecule has 1 atom stereocenters. The number of hydrogen-bond donors (Lipinski definition) is 0. The van der Waals surface area contributed by atoms with Crippen LogP contribution in [-0.2, 0) is 35.8 Å². The van der Waals surface area contributed by atoms with E-state index in [1.165, 1.54) is 20.1 Å². The molecule has 7 nitrogen and oxygen atoms in total. The maximum atomic E-state index is 13.2. The van der Waals surface area contributed by atoms with Crippen LogP contribution in [0.4, 0.5) is 5.69 Å². The Bertz CT molecular complexity index is 1400. The summed E-state index contributed by atoms with van der Waals surface area (Å²) in [6.45, 7) is 4.16. The zero-order valence-electron chi connectivity index (χ0n) is 18.1. The van der Waals surface area contributed by atoms with Crippen molar-refractivity contribution >= 4 is 43.0 Å². The Morgan fingerprint density at radius 1 is 1.28 bits per heavy atom. The Labute approximate surface area is 190 Å². The van der Waals surface area contributed by atoms with Crippen LogP contribution in [0.2, 0.25) is 0 Å². The van der Waals surface area contributed by atoms with E-state index in [9.17, 15) is 18.0 Å². The fourth-order valence-electron chi connectivity index (χ4n) is 4.71. The molecular formula is C23H25N3O4S2. The minimum Gasteiger partial charge on any atom is -0.292 e. The molecule has 2 aromatic heterocycles. The molecule has 5 rings (SSSR count). The molecule has 1 aliphatic heterocycles. The normalized spacial score (nSPS) is 18.1. The van der Waals surface area contributed by atoms with Gasteiger partial charge in [0.15, 0.2) is 5.78 Å². The third kappa shape index (κ3) is 3.47. The molecule has 32 heavy (non-hydrogen) atoms. The molecule has 2 aliphatic rings. The maximum absolute atomic E-state index is 13.2. The summed E-state index contributed by atoms with van der Waals surface area (Å²) in [5.74, 6) is 0.462. The van der Waals surface area contributed by atoms with Crippen molar-refractivity contribution in [1.82, 2.24) is 9.55 Å². The highest BCUT2D eigenvalue weighted by molar-refractivity contribution is 7.92. The molecule has 0 spiro atoms. The van der Waals surface area contributed by atoms with Gasteiger partial charge in [0.2, 0.25) is 10.0 Å². The van der Waals surface area contributed by atoms with Crippen molar-refractivity contribution in [3.63, 3.8) is 0 Å². The zero-order valence-corrected chi connectivity index (χ0v) is 19.8. The van der Waals surface area contributed by atoms with Crippen LogP contribution in [0, 0.1) is 5.92 Å². The molecule has 0 radical (unpaired) electrons. The number of aryl methyl sites for hydroxylation is 1. The lowest BCUT2D eigenvalue weighted by Crippen LogP contribution is -2.30. The van der Waals surface area contributed by atoms with Gasteiger partial charge in [-0.1, -0.05) is 6.92 Å². The van der Waals surface area contributed by atoms with Crippen LogP contribution in [0.3, 0.4) is 0 Å². The number of sulfonamides is 1. The molecule has 0 saturated carbocycles. The predicted octanol–water partition coefficient (Wildman–Crippen LogP) is 3.18. The molecule has 0 fully saturated rings. The van der Waals surface area contributed by atoms with Gasteiger partial charge in [-0.25, -0.2) is 13.4 Å². The summed E-state index contributed by atoms with van der Waals surface area (Å²) in [6.07, 6.45) is 4.97. The number of thiophene rings is 1. The van der Waals surface area contributed by atoms with Gasteiger partial charge in [0, 0.05) is 17.0 Å². The Balaban J connectivity index is 1.44. The SMILES string of the molecule is CCS(=O)(=O)N1CCc2cc(C(=O)Cn3cnc4sc5c(c4c3=O)CCC(C)C5)ccc21. The quantitative estimate of drug-likeness (QED) is 0.533.